The van der Waals surface area contributed by atoms with E-state index in [2.05, 4.69) is 5.32 Å². The Morgan fingerprint density at radius 3 is 2.11 bits per heavy atom. The molecule has 0 aliphatic rings. The van der Waals surface area contributed by atoms with Gasteiger partial charge in [-0.3, -0.25) is 9.59 Å². The minimum Gasteiger partial charge on any atom is -0.508 e. The number of amides is 1. The van der Waals surface area contributed by atoms with Crippen LogP contribution in [0.2, 0.25) is 0 Å². The van der Waals surface area contributed by atoms with E-state index in [1.807, 2.05) is 67.6 Å². The lowest BCUT2D eigenvalue weighted by molar-refractivity contribution is -0.149. The Balaban J connectivity index is 1.79. The van der Waals surface area contributed by atoms with Gasteiger partial charge in [-0.2, -0.15) is 0 Å². The molecule has 3 rings (SSSR count). The third-order valence-corrected chi connectivity index (χ3v) is 6.87. The van der Waals surface area contributed by atoms with Gasteiger partial charge in [-0.05, 0) is 34.7 Å². The van der Waals surface area contributed by atoms with Crippen LogP contribution in [0.4, 0.5) is 0 Å². The number of hydrogen-bond acceptors (Lipinski definition) is 6. The molecule has 3 atom stereocenters. The highest BCUT2D eigenvalue weighted by molar-refractivity contribution is 8.13. The van der Waals surface area contributed by atoms with Gasteiger partial charge in [0.05, 0.1) is 5.92 Å². The van der Waals surface area contributed by atoms with Crippen LogP contribution in [0, 0.1) is 5.92 Å². The lowest BCUT2D eigenvalue weighted by Crippen LogP contribution is -2.47. The second kappa shape index (κ2) is 13.5. The Morgan fingerprint density at radius 1 is 0.889 bits per heavy atom. The van der Waals surface area contributed by atoms with Crippen LogP contribution in [0.5, 0.6) is 5.75 Å². The maximum Gasteiger partial charge on any atom is 0.329 e. The van der Waals surface area contributed by atoms with Crippen LogP contribution in [-0.2, 0) is 32.1 Å². The van der Waals surface area contributed by atoms with Crippen LogP contribution < -0.4 is 5.32 Å². The monoisotopic (exact) mass is 505 g/mol. The van der Waals surface area contributed by atoms with Crippen molar-refractivity contribution in [2.45, 2.75) is 38.8 Å². The molecule has 0 aliphatic heterocycles. The summed E-state index contributed by atoms with van der Waals surface area (Å²) in [6, 6.07) is 24.5. The Hall–Kier alpha value is -3.58. The summed E-state index contributed by atoms with van der Waals surface area (Å²) in [5.41, 5.74) is 2.58. The number of esters is 1. The lowest BCUT2D eigenvalue weighted by atomic mass is 9.88. The second-order valence-electron chi connectivity index (χ2n) is 8.63. The minimum absolute atomic E-state index is 0.0732. The van der Waals surface area contributed by atoms with Gasteiger partial charge in [0.1, 0.15) is 18.4 Å². The molecule has 0 saturated heterocycles. The summed E-state index contributed by atoms with van der Waals surface area (Å²) in [6.07, 6.45) is 0.200. The molecule has 0 heterocycles. The van der Waals surface area contributed by atoms with Crippen molar-refractivity contribution in [2.75, 3.05) is 5.75 Å². The van der Waals surface area contributed by atoms with Crippen molar-refractivity contribution in [1.82, 2.24) is 5.32 Å². The van der Waals surface area contributed by atoms with Crippen molar-refractivity contribution in [3.63, 3.8) is 0 Å². The van der Waals surface area contributed by atoms with Crippen LogP contribution in [0.15, 0.2) is 84.9 Å². The largest absolute Gasteiger partial charge is 0.508 e. The Labute approximate surface area is 216 Å². The molecule has 0 aromatic heterocycles. The smallest absolute Gasteiger partial charge is 0.329 e. The van der Waals surface area contributed by atoms with Crippen molar-refractivity contribution >= 4 is 28.8 Å². The Bertz CT molecular complexity index is 1140. The van der Waals surface area contributed by atoms with E-state index in [1.54, 1.807) is 12.1 Å². The standard InChI is InChI=1S/C29H31NO5S/c1-20(24-11-7-4-8-12-24)26(19-36-21(2)31)28(33)30-27(17-22-13-15-25(32)16-14-22)29(34)35-18-23-9-5-3-6-10-23/h3-16,20,26-27,32H,17-19H2,1-2H3,(H,30,33). The number of carbonyl (C=O) groups excluding carboxylic acids is 3. The van der Waals surface area contributed by atoms with E-state index in [0.717, 1.165) is 28.5 Å². The number of hydrogen-bond donors (Lipinski definition) is 2. The fourth-order valence-electron chi connectivity index (χ4n) is 3.81. The molecule has 2 N–H and O–H groups in total. The number of aromatic hydroxyl groups is 1. The Kier molecular flexibility index (Phi) is 10.1. The van der Waals surface area contributed by atoms with Crippen molar-refractivity contribution < 1.29 is 24.2 Å². The topological polar surface area (TPSA) is 92.7 Å². The maximum absolute atomic E-state index is 13.5. The average Bonchev–Trinajstić information content (AvgIpc) is 2.89. The van der Waals surface area contributed by atoms with Gasteiger partial charge in [0.25, 0.3) is 0 Å². The number of nitrogens with one attached hydrogen (secondary N) is 1. The SMILES string of the molecule is CC(=O)SCC(C(=O)NC(Cc1ccc(O)cc1)C(=O)OCc1ccccc1)C(C)c1ccccc1. The van der Waals surface area contributed by atoms with E-state index in [1.165, 1.54) is 19.1 Å². The van der Waals surface area contributed by atoms with Gasteiger partial charge in [-0.25, -0.2) is 4.79 Å². The van der Waals surface area contributed by atoms with Crippen LogP contribution >= 0.6 is 11.8 Å². The van der Waals surface area contributed by atoms with Crippen LogP contribution in [0.1, 0.15) is 36.5 Å². The number of rotatable bonds is 11. The first kappa shape index (κ1) is 27.0. The highest BCUT2D eigenvalue weighted by Crippen LogP contribution is 2.28. The molecular weight excluding hydrogens is 474 g/mol. The molecule has 0 bridgehead atoms. The van der Waals surface area contributed by atoms with Crippen LogP contribution in [0.25, 0.3) is 0 Å². The molecule has 0 radical (unpaired) electrons. The van der Waals surface area contributed by atoms with Crippen molar-refractivity contribution in [3.05, 3.63) is 102 Å². The zero-order valence-corrected chi connectivity index (χ0v) is 21.2. The third kappa shape index (κ3) is 8.27. The molecule has 1 amide bonds. The molecule has 0 aliphatic carbocycles. The summed E-state index contributed by atoms with van der Waals surface area (Å²) in [7, 11) is 0. The number of phenols is 1. The van der Waals surface area contributed by atoms with E-state index in [-0.39, 0.29) is 35.7 Å². The number of ether oxygens (including phenoxy) is 1. The molecule has 188 valence electrons. The van der Waals surface area contributed by atoms with E-state index in [0.29, 0.717) is 5.75 Å². The van der Waals surface area contributed by atoms with Crippen molar-refractivity contribution in [2.24, 2.45) is 5.92 Å². The van der Waals surface area contributed by atoms with E-state index in [9.17, 15) is 19.5 Å². The summed E-state index contributed by atoms with van der Waals surface area (Å²) >= 11 is 1.10. The summed E-state index contributed by atoms with van der Waals surface area (Å²) in [4.78, 5) is 38.3. The molecule has 3 aromatic rings. The Morgan fingerprint density at radius 2 is 1.50 bits per heavy atom. The first-order chi connectivity index (χ1) is 17.3. The molecule has 36 heavy (non-hydrogen) atoms. The summed E-state index contributed by atoms with van der Waals surface area (Å²) < 4.78 is 5.55. The predicted octanol–water partition coefficient (Wildman–Crippen LogP) is 4.86. The van der Waals surface area contributed by atoms with Gasteiger partial charge in [0.2, 0.25) is 5.91 Å². The fraction of sp³-hybridized carbons (Fsp3) is 0.276. The number of benzene rings is 3. The molecule has 0 fully saturated rings. The van der Waals surface area contributed by atoms with E-state index < -0.39 is 17.9 Å². The molecular formula is C29H31NO5S. The van der Waals surface area contributed by atoms with Crippen LogP contribution in [-0.4, -0.2) is 33.9 Å². The average molecular weight is 506 g/mol. The highest BCUT2D eigenvalue weighted by Gasteiger charge is 2.31. The number of thioether (sulfide) groups is 1. The van der Waals surface area contributed by atoms with Gasteiger partial charge >= 0.3 is 5.97 Å². The maximum atomic E-state index is 13.5. The highest BCUT2D eigenvalue weighted by atomic mass is 32.2. The molecule has 0 spiro atoms. The lowest BCUT2D eigenvalue weighted by Gasteiger charge is -2.26. The van der Waals surface area contributed by atoms with Crippen molar-refractivity contribution in [1.29, 1.82) is 0 Å². The van der Waals surface area contributed by atoms with Gasteiger partial charge in [-0.1, -0.05) is 91.5 Å². The van der Waals surface area contributed by atoms with E-state index >= 15 is 0 Å². The fourth-order valence-corrected chi connectivity index (χ4v) is 4.67. The first-order valence-corrected chi connectivity index (χ1v) is 12.8. The zero-order valence-electron chi connectivity index (χ0n) is 20.4. The quantitative estimate of drug-likeness (QED) is 0.362. The van der Waals surface area contributed by atoms with Gasteiger partial charge in [-0.15, -0.1) is 0 Å². The van der Waals surface area contributed by atoms with Crippen molar-refractivity contribution in [3.8, 4) is 5.75 Å². The normalized spacial score (nSPS) is 13.3. The van der Waals surface area contributed by atoms with Crippen LogP contribution in [0.3, 0.4) is 0 Å². The second-order valence-corrected chi connectivity index (χ2v) is 9.83. The molecule has 3 aromatic carbocycles. The summed E-state index contributed by atoms with van der Waals surface area (Å²) in [5, 5.41) is 12.4. The number of phenolic OH excluding ortho intramolecular Hbond substituents is 1. The molecule has 7 heteroatoms. The molecule has 0 saturated carbocycles. The number of carbonyl (C=O) groups is 3. The first-order valence-electron chi connectivity index (χ1n) is 11.8. The summed E-state index contributed by atoms with van der Waals surface area (Å²) in [6.45, 7) is 3.51. The summed E-state index contributed by atoms with van der Waals surface area (Å²) in [5.74, 6) is -1.17. The predicted molar refractivity (Wildman–Crippen MR) is 141 cm³/mol. The molecule has 3 unspecified atom stereocenters. The molecule has 6 nitrogen and oxygen atoms in total. The van der Waals surface area contributed by atoms with Gasteiger partial charge in [0.15, 0.2) is 5.12 Å². The van der Waals surface area contributed by atoms with E-state index in [4.69, 9.17) is 4.74 Å². The zero-order chi connectivity index (χ0) is 25.9. The van der Waals surface area contributed by atoms with Gasteiger partial charge in [0, 0.05) is 19.1 Å². The van der Waals surface area contributed by atoms with Gasteiger partial charge < -0.3 is 15.2 Å². The third-order valence-electron chi connectivity index (χ3n) is 5.93. The minimum atomic E-state index is -0.932.